The Kier molecular flexibility index (Phi) is 8.54. The summed E-state index contributed by atoms with van der Waals surface area (Å²) in [6.45, 7) is -3.02. The minimum atomic E-state index is -4.68. The molecule has 0 bridgehead atoms. The molecule has 0 heterocycles. The van der Waals surface area contributed by atoms with Crippen LogP contribution in [0.25, 0.3) is 0 Å². The second kappa shape index (κ2) is 5.98. The van der Waals surface area contributed by atoms with E-state index in [0.29, 0.717) is 12.4 Å². The van der Waals surface area contributed by atoms with Gasteiger partial charge in [0, 0.05) is 0 Å². The Hall–Kier alpha value is 1.23. The molecule has 0 aliphatic carbocycles. The molecular formula is C4H7BF3K. The van der Waals surface area contributed by atoms with E-state index in [2.05, 4.69) is 0 Å². The second-order valence-corrected chi connectivity index (χ2v) is 1.46. The fourth-order valence-electron chi connectivity index (χ4n) is 0.290. The van der Waals surface area contributed by atoms with E-state index in [1.165, 1.54) is 0 Å². The van der Waals surface area contributed by atoms with Crippen LogP contribution in [0.4, 0.5) is 12.9 Å². The summed E-state index contributed by atoms with van der Waals surface area (Å²) in [5, 5.41) is 0. The van der Waals surface area contributed by atoms with E-state index >= 15 is 0 Å². The smallest absolute Gasteiger partial charge is 0.445 e. The van der Waals surface area contributed by atoms with E-state index in [4.69, 9.17) is 0 Å². The van der Waals surface area contributed by atoms with Crippen LogP contribution in [0, 0.1) is 0 Å². The maximum Gasteiger partial charge on any atom is 1.00 e. The minimum absolute atomic E-state index is 0. The fraction of sp³-hybridized carbons (Fsp3) is 0.500. The van der Waals surface area contributed by atoms with Crippen LogP contribution in [0.15, 0.2) is 12.1 Å². The summed E-state index contributed by atoms with van der Waals surface area (Å²) in [4.78, 5) is 0. The van der Waals surface area contributed by atoms with Gasteiger partial charge in [-0.3, -0.25) is 0 Å². The molecule has 9 heavy (non-hydrogen) atoms. The third-order valence-electron chi connectivity index (χ3n) is 0.590. The molecule has 0 rings (SSSR count). The van der Waals surface area contributed by atoms with Gasteiger partial charge in [0.25, 0.3) is 0 Å². The van der Waals surface area contributed by atoms with Crippen molar-refractivity contribution >= 4 is 6.98 Å². The van der Waals surface area contributed by atoms with Crippen LogP contribution in [-0.2, 0) is 0 Å². The van der Waals surface area contributed by atoms with Gasteiger partial charge in [0.15, 0.2) is 0 Å². The Balaban J connectivity index is 0. The van der Waals surface area contributed by atoms with Gasteiger partial charge in [-0.25, -0.2) is 0 Å². The SMILES string of the molecule is CC/C=C/[B-](F)(F)F.[K+]. The Morgan fingerprint density at radius 1 is 1.33 bits per heavy atom. The molecule has 0 radical (unpaired) electrons. The van der Waals surface area contributed by atoms with Crippen molar-refractivity contribution in [3.8, 4) is 0 Å². The molecular weight excluding hydrogens is 155 g/mol. The first-order valence-corrected chi connectivity index (χ1v) is 2.44. The van der Waals surface area contributed by atoms with Crippen molar-refractivity contribution < 1.29 is 64.3 Å². The zero-order valence-electron chi connectivity index (χ0n) is 5.57. The van der Waals surface area contributed by atoms with Crippen molar-refractivity contribution in [2.45, 2.75) is 13.3 Å². The summed E-state index contributed by atoms with van der Waals surface area (Å²) >= 11 is 0. The van der Waals surface area contributed by atoms with Crippen LogP contribution in [-0.4, -0.2) is 6.98 Å². The maximum atomic E-state index is 11.2. The van der Waals surface area contributed by atoms with E-state index in [-0.39, 0.29) is 51.4 Å². The van der Waals surface area contributed by atoms with E-state index in [1.54, 1.807) is 6.92 Å². The van der Waals surface area contributed by atoms with Crippen LogP contribution in [0.5, 0.6) is 0 Å². The molecule has 0 nitrogen and oxygen atoms in total. The maximum absolute atomic E-state index is 11.2. The fourth-order valence-corrected chi connectivity index (χ4v) is 0.290. The van der Waals surface area contributed by atoms with E-state index in [1.807, 2.05) is 0 Å². The third kappa shape index (κ3) is 12.4. The second-order valence-electron chi connectivity index (χ2n) is 1.46. The van der Waals surface area contributed by atoms with Crippen molar-refractivity contribution in [3.63, 3.8) is 0 Å². The van der Waals surface area contributed by atoms with Crippen molar-refractivity contribution in [2.75, 3.05) is 0 Å². The van der Waals surface area contributed by atoms with Gasteiger partial charge in [-0.1, -0.05) is 6.92 Å². The van der Waals surface area contributed by atoms with Gasteiger partial charge >= 0.3 is 58.4 Å². The Morgan fingerprint density at radius 3 is 1.89 bits per heavy atom. The molecule has 0 unspecified atom stereocenters. The largest absolute Gasteiger partial charge is 1.00 e. The topological polar surface area (TPSA) is 0 Å². The molecule has 0 aromatic rings. The first kappa shape index (κ1) is 12.9. The first-order chi connectivity index (χ1) is 3.56. The predicted octanol–water partition coefficient (Wildman–Crippen LogP) is -0.657. The molecule has 0 aliphatic rings. The molecule has 0 N–H and O–H groups in total. The monoisotopic (exact) mass is 162 g/mol. The van der Waals surface area contributed by atoms with Crippen LogP contribution < -0.4 is 51.4 Å². The Morgan fingerprint density at radius 2 is 1.78 bits per heavy atom. The van der Waals surface area contributed by atoms with Gasteiger partial charge in [0.1, 0.15) is 0 Å². The number of halogens is 3. The summed E-state index contributed by atoms with van der Waals surface area (Å²) in [7, 11) is 0. The zero-order chi connectivity index (χ0) is 6.62. The third-order valence-corrected chi connectivity index (χ3v) is 0.590. The summed E-state index contributed by atoms with van der Waals surface area (Å²) < 4.78 is 33.7. The summed E-state index contributed by atoms with van der Waals surface area (Å²) in [6, 6.07) is 0. The van der Waals surface area contributed by atoms with E-state index in [9.17, 15) is 12.9 Å². The van der Waals surface area contributed by atoms with Crippen LogP contribution in [0.1, 0.15) is 13.3 Å². The van der Waals surface area contributed by atoms with Crippen LogP contribution >= 0.6 is 0 Å². The summed E-state index contributed by atoms with van der Waals surface area (Å²) in [5.41, 5.74) is 0. The van der Waals surface area contributed by atoms with Crippen LogP contribution in [0.3, 0.4) is 0 Å². The molecule has 0 fully saturated rings. The summed E-state index contributed by atoms with van der Waals surface area (Å²) in [5.74, 6) is 0.306. The van der Waals surface area contributed by atoms with Gasteiger partial charge < -0.3 is 12.9 Å². The Labute approximate surface area is 95.4 Å². The molecule has 0 spiro atoms. The first-order valence-electron chi connectivity index (χ1n) is 2.44. The molecule has 0 atom stereocenters. The van der Waals surface area contributed by atoms with Crippen molar-refractivity contribution in [3.05, 3.63) is 12.1 Å². The summed E-state index contributed by atoms with van der Waals surface area (Å²) in [6.07, 6.45) is 1.56. The minimum Gasteiger partial charge on any atom is -0.445 e. The molecule has 5 heteroatoms. The van der Waals surface area contributed by atoms with Crippen molar-refractivity contribution in [1.82, 2.24) is 0 Å². The molecule has 48 valence electrons. The molecule has 0 aliphatic heterocycles. The van der Waals surface area contributed by atoms with Gasteiger partial charge in [-0.2, -0.15) is 0 Å². The van der Waals surface area contributed by atoms with Gasteiger partial charge in [0.05, 0.1) is 0 Å². The zero-order valence-corrected chi connectivity index (χ0v) is 8.70. The number of rotatable bonds is 2. The average Bonchev–Trinajstić information content (AvgIpc) is 1.59. The normalized spacial score (nSPS) is 11.6. The standard InChI is InChI=1S/C4H7BF3.K/c1-2-3-4-5(6,7)8;/h3-4H,2H2,1H3;/q-1;+1/b4-3+;. The van der Waals surface area contributed by atoms with Gasteiger partial charge in [-0.15, -0.1) is 12.1 Å². The van der Waals surface area contributed by atoms with Gasteiger partial charge in [0.2, 0.25) is 0 Å². The molecule has 0 saturated carbocycles. The number of hydrogen-bond acceptors (Lipinski definition) is 0. The quantitative estimate of drug-likeness (QED) is 0.473. The Bertz CT molecular complexity index is 88.3. The number of hydrogen-bond donors (Lipinski definition) is 0. The number of allylic oxidation sites excluding steroid dienone is 1. The van der Waals surface area contributed by atoms with Gasteiger partial charge in [-0.05, 0) is 6.42 Å². The molecule has 0 aromatic carbocycles. The average molecular weight is 162 g/mol. The molecule has 0 aromatic heterocycles. The predicted molar refractivity (Wildman–Crippen MR) is 28.5 cm³/mol. The molecule has 0 amide bonds. The van der Waals surface area contributed by atoms with E-state index < -0.39 is 6.98 Å². The van der Waals surface area contributed by atoms with Crippen molar-refractivity contribution in [2.24, 2.45) is 0 Å². The van der Waals surface area contributed by atoms with Crippen LogP contribution in [0.2, 0.25) is 0 Å². The van der Waals surface area contributed by atoms with E-state index in [0.717, 1.165) is 6.08 Å². The molecule has 0 saturated heterocycles. The van der Waals surface area contributed by atoms with Crippen molar-refractivity contribution in [1.29, 1.82) is 0 Å².